The Balaban J connectivity index is 1.92. The molecular weight excluding hydrogens is 238 g/mol. The molecule has 19 heavy (non-hydrogen) atoms. The van der Waals surface area contributed by atoms with Crippen LogP contribution in [0, 0.1) is 0 Å². The number of hydrogen-bond acceptors (Lipinski definition) is 3. The molecule has 0 aliphatic carbocycles. The van der Waals surface area contributed by atoms with Gasteiger partial charge >= 0.3 is 0 Å². The molecule has 0 aliphatic rings. The van der Waals surface area contributed by atoms with Gasteiger partial charge in [-0.05, 0) is 57.2 Å². The molecule has 1 aromatic heterocycles. The Morgan fingerprint density at radius 1 is 0.947 bits per heavy atom. The van der Waals surface area contributed by atoms with Crippen LogP contribution in [-0.4, -0.2) is 10.6 Å². The maximum absolute atomic E-state index is 5.75. The number of aromatic nitrogens is 1. The van der Waals surface area contributed by atoms with E-state index in [9.17, 15) is 0 Å². The quantitative estimate of drug-likeness (QED) is 0.834. The summed E-state index contributed by atoms with van der Waals surface area (Å²) < 4.78 is 11.4. The molecule has 0 radical (unpaired) electrons. The maximum atomic E-state index is 5.75. The molecular formula is C16H19NO2. The second-order valence-electron chi connectivity index (χ2n) is 5.30. The molecule has 3 heteroatoms. The van der Waals surface area contributed by atoms with Crippen LogP contribution in [-0.2, 0) is 6.61 Å². The molecule has 1 aromatic carbocycles. The van der Waals surface area contributed by atoms with E-state index in [0.717, 1.165) is 17.2 Å². The maximum Gasteiger partial charge on any atom is 0.130 e. The number of ether oxygens (including phenoxy) is 2. The van der Waals surface area contributed by atoms with E-state index in [0.29, 0.717) is 6.61 Å². The lowest BCUT2D eigenvalue weighted by molar-refractivity contribution is 0.130. The molecule has 3 nitrogen and oxygen atoms in total. The molecule has 0 fully saturated rings. The van der Waals surface area contributed by atoms with Crippen LogP contribution in [0.2, 0.25) is 0 Å². The number of benzene rings is 1. The smallest absolute Gasteiger partial charge is 0.130 e. The van der Waals surface area contributed by atoms with Crippen molar-refractivity contribution < 1.29 is 9.47 Å². The van der Waals surface area contributed by atoms with E-state index in [4.69, 9.17) is 9.47 Å². The highest BCUT2D eigenvalue weighted by molar-refractivity contribution is 5.31. The Bertz CT molecular complexity index is 501. The third-order valence-corrected chi connectivity index (χ3v) is 2.36. The SMILES string of the molecule is CC(C)(C)Oc1ccc(OCc2ccccn2)cc1. The first kappa shape index (κ1) is 13.4. The van der Waals surface area contributed by atoms with Crippen molar-refractivity contribution in [1.82, 2.24) is 4.98 Å². The van der Waals surface area contributed by atoms with Crippen molar-refractivity contribution in [2.24, 2.45) is 0 Å². The van der Waals surface area contributed by atoms with Crippen LogP contribution in [0.3, 0.4) is 0 Å². The molecule has 0 bridgehead atoms. The van der Waals surface area contributed by atoms with Gasteiger partial charge in [-0.3, -0.25) is 4.98 Å². The molecule has 0 unspecified atom stereocenters. The van der Waals surface area contributed by atoms with Crippen LogP contribution in [0.15, 0.2) is 48.7 Å². The highest BCUT2D eigenvalue weighted by Gasteiger charge is 2.11. The molecule has 0 N–H and O–H groups in total. The second kappa shape index (κ2) is 5.74. The lowest BCUT2D eigenvalue weighted by Crippen LogP contribution is -2.22. The van der Waals surface area contributed by atoms with Gasteiger partial charge in [0.2, 0.25) is 0 Å². The fourth-order valence-electron chi connectivity index (χ4n) is 1.60. The average molecular weight is 257 g/mol. The molecule has 0 amide bonds. The standard InChI is InChI=1S/C16H19NO2/c1-16(2,3)19-15-9-7-14(8-10-15)18-12-13-6-4-5-11-17-13/h4-11H,12H2,1-3H3. The largest absolute Gasteiger partial charge is 0.488 e. The summed E-state index contributed by atoms with van der Waals surface area (Å²) in [4.78, 5) is 4.21. The van der Waals surface area contributed by atoms with Crippen molar-refractivity contribution in [3.05, 3.63) is 54.4 Å². The van der Waals surface area contributed by atoms with E-state index >= 15 is 0 Å². The third-order valence-electron chi connectivity index (χ3n) is 2.36. The zero-order valence-corrected chi connectivity index (χ0v) is 11.6. The molecule has 0 atom stereocenters. The lowest BCUT2D eigenvalue weighted by atomic mass is 10.2. The van der Waals surface area contributed by atoms with Gasteiger partial charge in [0, 0.05) is 6.20 Å². The van der Waals surface area contributed by atoms with E-state index in [1.807, 2.05) is 63.2 Å². The van der Waals surface area contributed by atoms with Gasteiger partial charge in [-0.25, -0.2) is 0 Å². The Morgan fingerprint density at radius 3 is 2.21 bits per heavy atom. The average Bonchev–Trinajstić information content (AvgIpc) is 2.37. The van der Waals surface area contributed by atoms with Gasteiger partial charge in [0.05, 0.1) is 5.69 Å². The van der Waals surface area contributed by atoms with Crippen LogP contribution in [0.4, 0.5) is 0 Å². The molecule has 1 heterocycles. The van der Waals surface area contributed by atoms with Gasteiger partial charge in [-0.2, -0.15) is 0 Å². The Kier molecular flexibility index (Phi) is 4.05. The molecule has 2 aromatic rings. The van der Waals surface area contributed by atoms with Crippen LogP contribution in [0.1, 0.15) is 26.5 Å². The van der Waals surface area contributed by atoms with Crippen molar-refractivity contribution in [3.8, 4) is 11.5 Å². The van der Waals surface area contributed by atoms with Crippen LogP contribution >= 0.6 is 0 Å². The van der Waals surface area contributed by atoms with Gasteiger partial charge in [0.25, 0.3) is 0 Å². The highest BCUT2D eigenvalue weighted by Crippen LogP contribution is 2.22. The topological polar surface area (TPSA) is 31.4 Å². The van der Waals surface area contributed by atoms with E-state index in [2.05, 4.69) is 4.98 Å². The van der Waals surface area contributed by atoms with Crippen molar-refractivity contribution in [2.45, 2.75) is 33.0 Å². The van der Waals surface area contributed by atoms with Crippen molar-refractivity contribution in [1.29, 1.82) is 0 Å². The van der Waals surface area contributed by atoms with Crippen LogP contribution in [0.5, 0.6) is 11.5 Å². The highest BCUT2D eigenvalue weighted by atomic mass is 16.5. The van der Waals surface area contributed by atoms with Crippen LogP contribution in [0.25, 0.3) is 0 Å². The van der Waals surface area contributed by atoms with E-state index in [1.165, 1.54) is 0 Å². The summed E-state index contributed by atoms with van der Waals surface area (Å²) in [6, 6.07) is 13.4. The Morgan fingerprint density at radius 2 is 1.63 bits per heavy atom. The van der Waals surface area contributed by atoms with Crippen molar-refractivity contribution >= 4 is 0 Å². The summed E-state index contributed by atoms with van der Waals surface area (Å²) >= 11 is 0. The molecule has 0 saturated carbocycles. The van der Waals surface area contributed by atoms with Gasteiger partial charge < -0.3 is 9.47 Å². The van der Waals surface area contributed by atoms with Gasteiger partial charge in [-0.1, -0.05) is 6.07 Å². The number of rotatable bonds is 4. The fourth-order valence-corrected chi connectivity index (χ4v) is 1.60. The fraction of sp³-hybridized carbons (Fsp3) is 0.312. The number of nitrogens with zero attached hydrogens (tertiary/aromatic N) is 1. The predicted molar refractivity (Wildman–Crippen MR) is 75.4 cm³/mol. The lowest BCUT2D eigenvalue weighted by Gasteiger charge is -2.21. The van der Waals surface area contributed by atoms with Gasteiger partial charge in [0.1, 0.15) is 23.7 Å². The first-order valence-electron chi connectivity index (χ1n) is 6.35. The summed E-state index contributed by atoms with van der Waals surface area (Å²) in [5, 5.41) is 0. The first-order chi connectivity index (χ1) is 9.03. The summed E-state index contributed by atoms with van der Waals surface area (Å²) in [5.41, 5.74) is 0.730. The first-order valence-corrected chi connectivity index (χ1v) is 6.35. The monoisotopic (exact) mass is 257 g/mol. The Hall–Kier alpha value is -2.03. The molecule has 0 spiro atoms. The summed E-state index contributed by atoms with van der Waals surface area (Å²) in [7, 11) is 0. The molecule has 0 saturated heterocycles. The minimum Gasteiger partial charge on any atom is -0.488 e. The van der Waals surface area contributed by atoms with E-state index < -0.39 is 0 Å². The van der Waals surface area contributed by atoms with Crippen molar-refractivity contribution in [3.63, 3.8) is 0 Å². The zero-order chi connectivity index (χ0) is 13.7. The van der Waals surface area contributed by atoms with E-state index in [1.54, 1.807) is 6.20 Å². The van der Waals surface area contributed by atoms with Gasteiger partial charge in [-0.15, -0.1) is 0 Å². The zero-order valence-electron chi connectivity index (χ0n) is 11.6. The third kappa shape index (κ3) is 4.62. The van der Waals surface area contributed by atoms with Gasteiger partial charge in [0.15, 0.2) is 0 Å². The molecule has 0 aliphatic heterocycles. The van der Waals surface area contributed by atoms with E-state index in [-0.39, 0.29) is 5.60 Å². The minimum atomic E-state index is -0.184. The van der Waals surface area contributed by atoms with Crippen LogP contribution < -0.4 is 9.47 Å². The van der Waals surface area contributed by atoms with Crippen molar-refractivity contribution in [2.75, 3.05) is 0 Å². The minimum absolute atomic E-state index is 0.184. The number of pyridine rings is 1. The molecule has 2 rings (SSSR count). The summed E-state index contributed by atoms with van der Waals surface area (Å²) in [6.07, 6.45) is 1.76. The predicted octanol–water partition coefficient (Wildman–Crippen LogP) is 3.84. The Labute approximate surface area is 114 Å². The second-order valence-corrected chi connectivity index (χ2v) is 5.30. The normalized spacial score (nSPS) is 11.1. The summed E-state index contributed by atoms with van der Waals surface area (Å²) in [5.74, 6) is 1.66. The summed E-state index contributed by atoms with van der Waals surface area (Å²) in [6.45, 7) is 6.55. The number of hydrogen-bond donors (Lipinski definition) is 0. The molecule has 100 valence electrons.